The number of hydrogen-bond acceptors (Lipinski definition) is 3. The summed E-state index contributed by atoms with van der Waals surface area (Å²) < 4.78 is 0. The van der Waals surface area contributed by atoms with Crippen LogP contribution in [0.4, 0.5) is 0 Å². The molecule has 0 amide bonds. The first kappa shape index (κ1) is 10.2. The van der Waals surface area contributed by atoms with Gasteiger partial charge in [-0.05, 0) is 18.1 Å². The molecule has 0 aliphatic heterocycles. The van der Waals surface area contributed by atoms with Crippen LogP contribution >= 0.6 is 0 Å². The van der Waals surface area contributed by atoms with Crippen molar-refractivity contribution >= 4 is 10.9 Å². The minimum absolute atomic E-state index is 0.0873. The number of aromatic nitrogens is 1. The van der Waals surface area contributed by atoms with Crippen molar-refractivity contribution in [3.63, 3.8) is 0 Å². The number of nitrogens with one attached hydrogen (secondary N) is 2. The molecule has 1 heterocycles. The highest BCUT2D eigenvalue weighted by molar-refractivity contribution is 5.83. The third-order valence-corrected chi connectivity index (χ3v) is 2.54. The van der Waals surface area contributed by atoms with Crippen LogP contribution in [0.5, 0.6) is 0 Å². The molecule has 4 N–H and O–H groups in total. The second kappa shape index (κ2) is 4.44. The largest absolute Gasteiger partial charge is 0.395 e. The monoisotopic (exact) mass is 206 g/mol. The van der Waals surface area contributed by atoms with Gasteiger partial charge in [0.1, 0.15) is 0 Å². The molecule has 2 rings (SSSR count). The Morgan fingerprint density at radius 2 is 2.13 bits per heavy atom. The fraction of sp³-hybridized carbons (Fsp3) is 0.273. The van der Waals surface area contributed by atoms with Gasteiger partial charge in [-0.1, -0.05) is 18.2 Å². The summed E-state index contributed by atoms with van der Waals surface area (Å²) in [6.45, 7) is -0.0873. The molecule has 2 aromatic rings. The second-order valence-corrected chi connectivity index (χ2v) is 3.57. The summed E-state index contributed by atoms with van der Waals surface area (Å²) >= 11 is 0. The van der Waals surface area contributed by atoms with Crippen molar-refractivity contribution in [2.75, 3.05) is 6.61 Å². The third-order valence-electron chi connectivity index (χ3n) is 2.54. The molecule has 4 nitrogen and oxygen atoms in total. The average Bonchev–Trinajstić information content (AvgIpc) is 2.69. The smallest absolute Gasteiger partial charge is 0.0610 e. The highest BCUT2D eigenvalue weighted by Gasteiger charge is 2.10. The summed E-state index contributed by atoms with van der Waals surface area (Å²) in [7, 11) is 0. The number of H-pyrrole nitrogens is 1. The Kier molecular flexibility index (Phi) is 3.01. The molecule has 1 aromatic carbocycles. The van der Waals surface area contributed by atoms with Crippen LogP contribution in [0.15, 0.2) is 30.5 Å². The molecular weight excluding hydrogens is 192 g/mol. The summed E-state index contributed by atoms with van der Waals surface area (Å²) in [6.07, 6.45) is 2.50. The maximum atomic E-state index is 8.96. The zero-order valence-electron chi connectivity index (χ0n) is 8.27. The molecule has 15 heavy (non-hydrogen) atoms. The molecule has 0 radical (unpaired) electrons. The van der Waals surface area contributed by atoms with Gasteiger partial charge < -0.3 is 15.3 Å². The molecule has 0 saturated carbocycles. The zero-order chi connectivity index (χ0) is 10.7. The van der Waals surface area contributed by atoms with Gasteiger partial charge in [0.2, 0.25) is 0 Å². The fourth-order valence-electron chi connectivity index (χ4n) is 1.72. The molecule has 80 valence electrons. The molecule has 0 bridgehead atoms. The third kappa shape index (κ3) is 2.02. The van der Waals surface area contributed by atoms with Crippen molar-refractivity contribution in [1.29, 1.82) is 0 Å². The van der Waals surface area contributed by atoms with Gasteiger partial charge in [-0.25, -0.2) is 0 Å². The number of rotatable bonds is 4. The van der Waals surface area contributed by atoms with Crippen LogP contribution in [0, 0.1) is 0 Å². The van der Waals surface area contributed by atoms with Gasteiger partial charge in [-0.3, -0.25) is 0 Å². The lowest BCUT2D eigenvalue weighted by Crippen LogP contribution is -2.31. The van der Waals surface area contributed by atoms with Crippen molar-refractivity contribution in [3.8, 4) is 0 Å². The van der Waals surface area contributed by atoms with Crippen molar-refractivity contribution < 1.29 is 10.3 Å². The number of aliphatic hydroxyl groups excluding tert-OH is 1. The fourth-order valence-corrected chi connectivity index (χ4v) is 1.72. The van der Waals surface area contributed by atoms with Crippen LogP contribution < -0.4 is 5.48 Å². The highest BCUT2D eigenvalue weighted by atomic mass is 16.5. The second-order valence-electron chi connectivity index (χ2n) is 3.57. The maximum absolute atomic E-state index is 8.96. The first-order valence-electron chi connectivity index (χ1n) is 4.90. The molecular formula is C11H14N2O2. The molecule has 0 aliphatic rings. The minimum atomic E-state index is -0.316. The van der Waals surface area contributed by atoms with Gasteiger partial charge in [-0.2, -0.15) is 5.48 Å². The van der Waals surface area contributed by atoms with E-state index < -0.39 is 0 Å². The SMILES string of the molecule is OC[C@@H](Cc1c[nH]c2ccccc12)NO. The Morgan fingerprint density at radius 1 is 1.33 bits per heavy atom. The lowest BCUT2D eigenvalue weighted by Gasteiger charge is -2.10. The predicted molar refractivity (Wildman–Crippen MR) is 57.8 cm³/mol. The first-order valence-corrected chi connectivity index (χ1v) is 4.90. The molecule has 1 atom stereocenters. The topological polar surface area (TPSA) is 68.3 Å². The predicted octanol–water partition coefficient (Wildman–Crippen LogP) is 1.05. The number of aliphatic hydroxyl groups is 1. The van der Waals surface area contributed by atoms with E-state index in [2.05, 4.69) is 10.5 Å². The van der Waals surface area contributed by atoms with Crippen molar-refractivity contribution in [3.05, 3.63) is 36.0 Å². The average molecular weight is 206 g/mol. The first-order chi connectivity index (χ1) is 7.35. The van der Waals surface area contributed by atoms with Crippen molar-refractivity contribution in [1.82, 2.24) is 10.5 Å². The van der Waals surface area contributed by atoms with Crippen LogP contribution in [-0.4, -0.2) is 27.9 Å². The maximum Gasteiger partial charge on any atom is 0.0610 e. The van der Waals surface area contributed by atoms with Gasteiger partial charge >= 0.3 is 0 Å². The Bertz CT molecular complexity index is 435. The van der Waals surface area contributed by atoms with E-state index in [0.29, 0.717) is 6.42 Å². The molecule has 1 aromatic heterocycles. The Morgan fingerprint density at radius 3 is 2.87 bits per heavy atom. The van der Waals surface area contributed by atoms with Crippen molar-refractivity contribution in [2.24, 2.45) is 0 Å². The highest BCUT2D eigenvalue weighted by Crippen LogP contribution is 2.18. The van der Waals surface area contributed by atoms with E-state index in [-0.39, 0.29) is 12.6 Å². The Labute approximate surface area is 87.5 Å². The van der Waals surface area contributed by atoms with Crippen LogP contribution in [-0.2, 0) is 6.42 Å². The molecule has 4 heteroatoms. The summed E-state index contributed by atoms with van der Waals surface area (Å²) in [5.74, 6) is 0. The van der Waals surface area contributed by atoms with E-state index in [1.165, 1.54) is 0 Å². The van der Waals surface area contributed by atoms with Gasteiger partial charge in [-0.15, -0.1) is 0 Å². The number of fused-ring (bicyclic) bond motifs is 1. The molecule has 0 aliphatic carbocycles. The van der Waals surface area contributed by atoms with Crippen LogP contribution in [0.1, 0.15) is 5.56 Å². The molecule has 0 spiro atoms. The summed E-state index contributed by atoms with van der Waals surface area (Å²) in [6, 6.07) is 7.65. The van der Waals surface area contributed by atoms with Crippen LogP contribution in [0.3, 0.4) is 0 Å². The van der Waals surface area contributed by atoms with E-state index >= 15 is 0 Å². The lowest BCUT2D eigenvalue weighted by atomic mass is 10.1. The number of hydrogen-bond donors (Lipinski definition) is 4. The van der Waals surface area contributed by atoms with Gasteiger partial charge in [0.15, 0.2) is 0 Å². The summed E-state index contributed by atoms with van der Waals surface area (Å²) in [5, 5.41) is 18.9. The Balaban J connectivity index is 2.28. The quantitative estimate of drug-likeness (QED) is 0.565. The number of aromatic amines is 1. The Hall–Kier alpha value is -1.36. The summed E-state index contributed by atoms with van der Waals surface area (Å²) in [5.41, 5.74) is 4.25. The van der Waals surface area contributed by atoms with Gasteiger partial charge in [0.05, 0.1) is 12.6 Å². The van der Waals surface area contributed by atoms with E-state index in [1.54, 1.807) is 0 Å². The number of para-hydroxylation sites is 1. The lowest BCUT2D eigenvalue weighted by molar-refractivity contribution is 0.0907. The van der Waals surface area contributed by atoms with E-state index in [9.17, 15) is 0 Å². The minimum Gasteiger partial charge on any atom is -0.395 e. The van der Waals surface area contributed by atoms with Gasteiger partial charge in [0, 0.05) is 17.1 Å². The van der Waals surface area contributed by atoms with Gasteiger partial charge in [0.25, 0.3) is 0 Å². The molecule has 0 unspecified atom stereocenters. The number of hydroxylamine groups is 1. The molecule has 0 fully saturated rings. The zero-order valence-corrected chi connectivity index (χ0v) is 8.27. The number of benzene rings is 1. The summed E-state index contributed by atoms with van der Waals surface area (Å²) in [4.78, 5) is 3.15. The standard InChI is InChI=1S/C11H14N2O2/c14-7-9(13-15)5-8-6-12-11-4-2-1-3-10(8)11/h1-4,6,9,12-15H,5,7H2/t9-/m1/s1. The molecule has 0 saturated heterocycles. The van der Waals surface area contributed by atoms with Crippen molar-refractivity contribution in [2.45, 2.75) is 12.5 Å². The van der Waals surface area contributed by atoms with Crippen LogP contribution in [0.25, 0.3) is 10.9 Å². The van der Waals surface area contributed by atoms with Crippen LogP contribution in [0.2, 0.25) is 0 Å². The van der Waals surface area contributed by atoms with E-state index in [4.69, 9.17) is 10.3 Å². The normalized spacial score (nSPS) is 13.2. The van der Waals surface area contributed by atoms with E-state index in [0.717, 1.165) is 16.5 Å². The van der Waals surface area contributed by atoms with E-state index in [1.807, 2.05) is 30.5 Å².